The molecule has 0 radical (unpaired) electrons. The first-order valence-corrected chi connectivity index (χ1v) is 12.4. The van der Waals surface area contributed by atoms with Gasteiger partial charge < -0.3 is 15.5 Å². The Bertz CT molecular complexity index is 1010. The molecule has 5 nitrogen and oxygen atoms in total. The Morgan fingerprint density at radius 1 is 0.971 bits per heavy atom. The van der Waals surface area contributed by atoms with Crippen LogP contribution in [0.3, 0.4) is 0 Å². The highest BCUT2D eigenvalue weighted by molar-refractivity contribution is 5.89. The molecule has 2 N–H and O–H groups in total. The number of carbonyl (C=O) groups excluding carboxylic acids is 1. The number of rotatable bonds is 7. The number of terminal acetylenes is 1. The molecule has 35 heavy (non-hydrogen) atoms. The number of hydrogen-bond acceptors (Lipinski definition) is 3. The van der Waals surface area contributed by atoms with E-state index in [1.165, 1.54) is 36.2 Å². The van der Waals surface area contributed by atoms with E-state index >= 15 is 0 Å². The van der Waals surface area contributed by atoms with Crippen molar-refractivity contribution < 1.29 is 13.6 Å². The van der Waals surface area contributed by atoms with E-state index in [2.05, 4.69) is 26.4 Å². The zero-order valence-electron chi connectivity index (χ0n) is 20.1. The van der Waals surface area contributed by atoms with Crippen molar-refractivity contribution in [2.45, 2.75) is 31.7 Å². The van der Waals surface area contributed by atoms with Gasteiger partial charge in [-0.3, -0.25) is 4.90 Å². The summed E-state index contributed by atoms with van der Waals surface area (Å²) >= 11 is 0. The Hall–Kier alpha value is -2.95. The SMILES string of the molecule is C#CCN1CC[C@@H](NC(=O)Nc2ccc(F)cc2)[C@H](CN2CCCC(Cc3ccc(F)cc3)C2)C1. The maximum Gasteiger partial charge on any atom is 0.319 e. The molecule has 2 aliphatic heterocycles. The zero-order valence-corrected chi connectivity index (χ0v) is 20.1. The van der Waals surface area contributed by atoms with Crippen molar-refractivity contribution in [2.24, 2.45) is 11.8 Å². The van der Waals surface area contributed by atoms with E-state index in [1.54, 1.807) is 12.1 Å². The number of halogens is 2. The predicted molar refractivity (Wildman–Crippen MR) is 135 cm³/mol. The number of benzene rings is 2. The van der Waals surface area contributed by atoms with Crippen molar-refractivity contribution >= 4 is 11.7 Å². The van der Waals surface area contributed by atoms with Crippen LogP contribution in [0, 0.1) is 35.8 Å². The molecule has 0 aliphatic carbocycles. The lowest BCUT2D eigenvalue weighted by Crippen LogP contribution is -2.55. The van der Waals surface area contributed by atoms with Crippen LogP contribution in [0.5, 0.6) is 0 Å². The molecule has 186 valence electrons. The fraction of sp³-hybridized carbons (Fsp3) is 0.464. The molecule has 3 atom stereocenters. The third kappa shape index (κ3) is 7.51. The number of urea groups is 1. The average Bonchev–Trinajstić information content (AvgIpc) is 2.84. The van der Waals surface area contributed by atoms with Gasteiger partial charge in [-0.2, -0.15) is 0 Å². The first-order chi connectivity index (χ1) is 17.0. The van der Waals surface area contributed by atoms with E-state index in [4.69, 9.17) is 6.42 Å². The van der Waals surface area contributed by atoms with Crippen molar-refractivity contribution in [3.8, 4) is 12.3 Å². The molecule has 7 heteroatoms. The molecule has 2 fully saturated rings. The fourth-order valence-corrected chi connectivity index (χ4v) is 5.39. The molecule has 2 aliphatic rings. The van der Waals surface area contributed by atoms with Crippen molar-refractivity contribution in [3.05, 3.63) is 65.7 Å². The molecule has 2 heterocycles. The molecule has 2 saturated heterocycles. The largest absolute Gasteiger partial charge is 0.335 e. The Morgan fingerprint density at radius 3 is 2.40 bits per heavy atom. The molecule has 0 spiro atoms. The first kappa shape index (κ1) is 25.2. The summed E-state index contributed by atoms with van der Waals surface area (Å²) in [5.74, 6) is 3.00. The Balaban J connectivity index is 1.35. The van der Waals surface area contributed by atoms with Crippen molar-refractivity contribution in [1.29, 1.82) is 0 Å². The molecule has 2 aromatic rings. The van der Waals surface area contributed by atoms with Crippen LogP contribution in [0.15, 0.2) is 48.5 Å². The lowest BCUT2D eigenvalue weighted by atomic mass is 9.88. The number of nitrogens with one attached hydrogen (secondary N) is 2. The summed E-state index contributed by atoms with van der Waals surface area (Å²) in [5, 5.41) is 5.97. The zero-order chi connectivity index (χ0) is 24.6. The van der Waals surface area contributed by atoms with E-state index in [-0.39, 0.29) is 29.6 Å². The molecule has 2 amide bonds. The Labute approximate surface area is 206 Å². The van der Waals surface area contributed by atoms with E-state index in [0.717, 1.165) is 52.0 Å². The van der Waals surface area contributed by atoms with Gasteiger partial charge in [-0.1, -0.05) is 18.1 Å². The summed E-state index contributed by atoms with van der Waals surface area (Å²) in [6, 6.07) is 12.3. The topological polar surface area (TPSA) is 47.6 Å². The number of likely N-dealkylation sites (tertiary alicyclic amines) is 2. The second-order valence-corrected chi connectivity index (χ2v) is 9.80. The van der Waals surface area contributed by atoms with Gasteiger partial charge in [0.15, 0.2) is 0 Å². The lowest BCUT2D eigenvalue weighted by Gasteiger charge is -2.42. The minimum atomic E-state index is -0.337. The van der Waals surface area contributed by atoms with Gasteiger partial charge >= 0.3 is 6.03 Å². The van der Waals surface area contributed by atoms with E-state index in [1.807, 2.05) is 12.1 Å². The van der Waals surface area contributed by atoms with E-state index < -0.39 is 0 Å². The van der Waals surface area contributed by atoms with Crippen LogP contribution < -0.4 is 10.6 Å². The number of piperidine rings is 2. The van der Waals surface area contributed by atoms with Gasteiger partial charge in [0.25, 0.3) is 0 Å². The van der Waals surface area contributed by atoms with Crippen LogP contribution in [0.2, 0.25) is 0 Å². The number of amides is 2. The van der Waals surface area contributed by atoms with Crippen LogP contribution in [-0.2, 0) is 6.42 Å². The number of anilines is 1. The van der Waals surface area contributed by atoms with E-state index in [9.17, 15) is 13.6 Å². The minimum Gasteiger partial charge on any atom is -0.335 e. The second-order valence-electron chi connectivity index (χ2n) is 9.80. The predicted octanol–water partition coefficient (Wildman–Crippen LogP) is 4.36. The summed E-state index contributed by atoms with van der Waals surface area (Å²) < 4.78 is 26.4. The van der Waals surface area contributed by atoms with Crippen LogP contribution >= 0.6 is 0 Å². The maximum absolute atomic E-state index is 13.3. The van der Waals surface area contributed by atoms with Crippen molar-refractivity contribution in [2.75, 3.05) is 44.6 Å². The molecule has 0 saturated carbocycles. The highest BCUT2D eigenvalue weighted by Crippen LogP contribution is 2.25. The van der Waals surface area contributed by atoms with Gasteiger partial charge in [0, 0.05) is 43.8 Å². The quantitative estimate of drug-likeness (QED) is 0.579. The number of hydrogen-bond donors (Lipinski definition) is 2. The summed E-state index contributed by atoms with van der Waals surface area (Å²) in [6.45, 7) is 5.22. The van der Waals surface area contributed by atoms with E-state index in [0.29, 0.717) is 18.2 Å². The smallest absolute Gasteiger partial charge is 0.319 e. The van der Waals surface area contributed by atoms with Gasteiger partial charge in [-0.05, 0) is 80.1 Å². The summed E-state index contributed by atoms with van der Waals surface area (Å²) in [6.07, 6.45) is 9.65. The Morgan fingerprint density at radius 2 is 1.69 bits per heavy atom. The Kier molecular flexibility index (Phi) is 8.73. The maximum atomic E-state index is 13.3. The second kappa shape index (κ2) is 12.1. The molecule has 0 bridgehead atoms. The van der Waals surface area contributed by atoms with Gasteiger partial charge in [-0.15, -0.1) is 6.42 Å². The lowest BCUT2D eigenvalue weighted by molar-refractivity contribution is 0.0910. The molecule has 0 aromatic heterocycles. The van der Waals surface area contributed by atoms with Crippen LogP contribution in [0.25, 0.3) is 0 Å². The fourth-order valence-electron chi connectivity index (χ4n) is 5.39. The number of carbonyl (C=O) groups is 1. The van der Waals surface area contributed by atoms with Crippen LogP contribution in [-0.4, -0.2) is 61.1 Å². The highest BCUT2D eigenvalue weighted by atomic mass is 19.1. The third-order valence-corrected chi connectivity index (χ3v) is 7.09. The van der Waals surface area contributed by atoms with Gasteiger partial charge in [0.05, 0.1) is 6.54 Å². The average molecular weight is 481 g/mol. The normalized spacial score (nSPS) is 23.4. The summed E-state index contributed by atoms with van der Waals surface area (Å²) in [7, 11) is 0. The molecule has 1 unspecified atom stereocenters. The van der Waals surface area contributed by atoms with Crippen LogP contribution in [0.1, 0.15) is 24.8 Å². The van der Waals surface area contributed by atoms with Gasteiger partial charge in [-0.25, -0.2) is 13.6 Å². The molecular formula is C28H34F2N4O. The van der Waals surface area contributed by atoms with Gasteiger partial charge in [0.1, 0.15) is 11.6 Å². The molecule has 2 aromatic carbocycles. The molecular weight excluding hydrogens is 446 g/mol. The monoisotopic (exact) mass is 480 g/mol. The third-order valence-electron chi connectivity index (χ3n) is 7.09. The van der Waals surface area contributed by atoms with Gasteiger partial charge in [0.2, 0.25) is 0 Å². The molecule has 4 rings (SSSR count). The minimum absolute atomic E-state index is 0.0296. The summed E-state index contributed by atoms with van der Waals surface area (Å²) in [5.41, 5.74) is 1.73. The summed E-state index contributed by atoms with van der Waals surface area (Å²) in [4.78, 5) is 17.5. The standard InChI is InChI=1S/C28H34F2N4O/c1-2-14-33-16-13-27(32-28(35)31-26-11-9-25(30)10-12-26)23(19-33)20-34-15-3-4-22(18-34)17-21-5-7-24(29)8-6-21/h1,5-12,22-23,27H,3-4,13-20H2,(H2,31,32,35)/t22?,23-,27+/m0/s1. The van der Waals surface area contributed by atoms with Crippen molar-refractivity contribution in [1.82, 2.24) is 15.1 Å². The first-order valence-electron chi connectivity index (χ1n) is 12.4. The number of nitrogens with zero attached hydrogens (tertiary/aromatic N) is 2. The van der Waals surface area contributed by atoms with Crippen molar-refractivity contribution in [3.63, 3.8) is 0 Å². The highest BCUT2D eigenvalue weighted by Gasteiger charge is 2.33. The van der Waals surface area contributed by atoms with Crippen LogP contribution in [0.4, 0.5) is 19.3 Å².